The standard InChI is InChI=1S/C14H14N4OS2/c19-14(17-13-3-1-7-21-13)15-9-12(11-4-8-20-10-11)18-6-2-5-16-18/h1-8,10,12H,9H2,(H2,15,17,19)/t12-/m0/s1. The first kappa shape index (κ1) is 13.8. The van der Waals surface area contributed by atoms with Gasteiger partial charge in [0.05, 0.1) is 11.0 Å². The minimum atomic E-state index is -0.204. The van der Waals surface area contributed by atoms with Gasteiger partial charge in [-0.2, -0.15) is 16.4 Å². The second-order valence-electron chi connectivity index (χ2n) is 4.37. The highest BCUT2D eigenvalue weighted by Crippen LogP contribution is 2.20. The molecule has 3 rings (SSSR count). The number of rotatable bonds is 5. The number of nitrogens with zero attached hydrogens (tertiary/aromatic N) is 2. The lowest BCUT2D eigenvalue weighted by atomic mass is 10.1. The minimum absolute atomic E-state index is 0.000311. The van der Waals surface area contributed by atoms with Crippen molar-refractivity contribution in [2.45, 2.75) is 6.04 Å². The molecule has 3 aromatic heterocycles. The lowest BCUT2D eigenvalue weighted by Gasteiger charge is -2.17. The monoisotopic (exact) mass is 318 g/mol. The van der Waals surface area contributed by atoms with Crippen LogP contribution in [0.3, 0.4) is 0 Å². The van der Waals surface area contributed by atoms with Crippen LogP contribution in [0, 0.1) is 0 Å². The molecule has 0 unspecified atom stereocenters. The molecule has 2 N–H and O–H groups in total. The predicted octanol–water partition coefficient (Wildman–Crippen LogP) is 3.42. The van der Waals surface area contributed by atoms with Crippen molar-refractivity contribution in [2.24, 2.45) is 0 Å². The van der Waals surface area contributed by atoms with E-state index < -0.39 is 0 Å². The summed E-state index contributed by atoms with van der Waals surface area (Å²) in [6.45, 7) is 0.482. The van der Waals surface area contributed by atoms with Crippen LogP contribution >= 0.6 is 22.7 Å². The van der Waals surface area contributed by atoms with Crippen LogP contribution in [0.25, 0.3) is 0 Å². The van der Waals surface area contributed by atoms with Crippen LogP contribution in [0.1, 0.15) is 11.6 Å². The molecule has 21 heavy (non-hydrogen) atoms. The summed E-state index contributed by atoms with van der Waals surface area (Å²) in [5.41, 5.74) is 1.14. The highest BCUT2D eigenvalue weighted by Gasteiger charge is 2.15. The molecule has 0 saturated carbocycles. The molecule has 5 nitrogen and oxygen atoms in total. The summed E-state index contributed by atoms with van der Waals surface area (Å²) < 4.78 is 1.85. The lowest BCUT2D eigenvalue weighted by Crippen LogP contribution is -2.34. The highest BCUT2D eigenvalue weighted by molar-refractivity contribution is 7.14. The maximum Gasteiger partial charge on any atom is 0.319 e. The molecule has 0 aliphatic heterocycles. The lowest BCUT2D eigenvalue weighted by molar-refractivity contribution is 0.250. The van der Waals surface area contributed by atoms with Gasteiger partial charge in [-0.25, -0.2) is 4.79 Å². The highest BCUT2D eigenvalue weighted by atomic mass is 32.1. The molecule has 0 saturated heterocycles. The van der Waals surface area contributed by atoms with Crippen molar-refractivity contribution in [3.8, 4) is 0 Å². The van der Waals surface area contributed by atoms with Crippen molar-refractivity contribution in [1.82, 2.24) is 15.1 Å². The average Bonchev–Trinajstić information content (AvgIpc) is 3.23. The average molecular weight is 318 g/mol. The van der Waals surface area contributed by atoms with Crippen LogP contribution in [0.5, 0.6) is 0 Å². The SMILES string of the molecule is O=C(NC[C@@H](c1ccsc1)n1cccn1)Nc1cccs1. The number of carbonyl (C=O) groups excluding carboxylic acids is 1. The van der Waals surface area contributed by atoms with Crippen molar-refractivity contribution < 1.29 is 4.79 Å². The zero-order chi connectivity index (χ0) is 14.5. The number of aromatic nitrogens is 2. The summed E-state index contributed by atoms with van der Waals surface area (Å²) in [5.74, 6) is 0. The minimum Gasteiger partial charge on any atom is -0.335 e. The van der Waals surface area contributed by atoms with E-state index in [1.54, 1.807) is 17.5 Å². The Morgan fingerprint density at radius 3 is 2.95 bits per heavy atom. The smallest absolute Gasteiger partial charge is 0.319 e. The molecule has 0 radical (unpaired) electrons. The van der Waals surface area contributed by atoms with Gasteiger partial charge < -0.3 is 5.32 Å². The predicted molar refractivity (Wildman–Crippen MR) is 86.0 cm³/mol. The number of hydrogen-bond donors (Lipinski definition) is 2. The second-order valence-corrected chi connectivity index (χ2v) is 6.10. The molecular formula is C14H14N4OS2. The first-order valence-electron chi connectivity index (χ1n) is 6.42. The molecule has 3 heterocycles. The number of nitrogens with one attached hydrogen (secondary N) is 2. The fourth-order valence-corrected chi connectivity index (χ4v) is 3.31. The Balaban J connectivity index is 1.64. The van der Waals surface area contributed by atoms with Crippen LogP contribution in [-0.4, -0.2) is 22.4 Å². The molecule has 0 aliphatic carbocycles. The Hall–Kier alpha value is -2.12. The van der Waals surface area contributed by atoms with Gasteiger partial charge >= 0.3 is 6.03 Å². The molecule has 0 bridgehead atoms. The van der Waals surface area contributed by atoms with Crippen LogP contribution < -0.4 is 10.6 Å². The summed E-state index contributed by atoms with van der Waals surface area (Å²) in [4.78, 5) is 11.9. The number of urea groups is 1. The van der Waals surface area contributed by atoms with Crippen molar-refractivity contribution in [1.29, 1.82) is 0 Å². The largest absolute Gasteiger partial charge is 0.335 e. The Morgan fingerprint density at radius 1 is 1.33 bits per heavy atom. The van der Waals surface area contributed by atoms with Crippen LogP contribution in [-0.2, 0) is 0 Å². The third-order valence-corrected chi connectivity index (χ3v) is 4.47. The molecule has 7 heteroatoms. The summed E-state index contributed by atoms with van der Waals surface area (Å²) in [6.07, 6.45) is 3.65. The quantitative estimate of drug-likeness (QED) is 0.757. The van der Waals surface area contributed by atoms with Crippen LogP contribution in [0.2, 0.25) is 0 Å². The van der Waals surface area contributed by atoms with E-state index in [4.69, 9.17) is 0 Å². The van der Waals surface area contributed by atoms with E-state index in [2.05, 4.69) is 27.2 Å². The third kappa shape index (κ3) is 3.50. The summed E-state index contributed by atoms with van der Waals surface area (Å²) in [5, 5.41) is 16.8. The summed E-state index contributed by atoms with van der Waals surface area (Å²) >= 11 is 3.13. The maximum absolute atomic E-state index is 11.9. The van der Waals surface area contributed by atoms with E-state index in [1.165, 1.54) is 11.3 Å². The fourth-order valence-electron chi connectivity index (χ4n) is 1.99. The van der Waals surface area contributed by atoms with Gasteiger partial charge in [-0.15, -0.1) is 11.3 Å². The zero-order valence-corrected chi connectivity index (χ0v) is 12.7. The van der Waals surface area contributed by atoms with Crippen LogP contribution in [0.4, 0.5) is 9.80 Å². The molecule has 0 aromatic carbocycles. The topological polar surface area (TPSA) is 59.0 Å². The molecule has 0 spiro atoms. The zero-order valence-electron chi connectivity index (χ0n) is 11.1. The van der Waals surface area contributed by atoms with Crippen molar-refractivity contribution in [3.05, 3.63) is 58.4 Å². The van der Waals surface area contributed by atoms with E-state index in [-0.39, 0.29) is 12.1 Å². The van der Waals surface area contributed by atoms with Crippen molar-refractivity contribution in [2.75, 3.05) is 11.9 Å². The summed E-state index contributed by atoms with van der Waals surface area (Å²) in [7, 11) is 0. The van der Waals surface area contributed by atoms with Gasteiger partial charge in [-0.05, 0) is 46.0 Å². The van der Waals surface area contributed by atoms with E-state index in [9.17, 15) is 4.79 Å². The van der Waals surface area contributed by atoms with E-state index in [0.717, 1.165) is 10.6 Å². The maximum atomic E-state index is 11.9. The first-order chi connectivity index (χ1) is 10.3. The summed E-state index contributed by atoms with van der Waals surface area (Å²) in [6, 6.07) is 7.50. The van der Waals surface area contributed by atoms with E-state index in [0.29, 0.717) is 6.54 Å². The molecule has 0 fully saturated rings. The fraction of sp³-hybridized carbons (Fsp3) is 0.143. The van der Waals surface area contributed by atoms with Gasteiger partial charge in [0, 0.05) is 18.9 Å². The number of hydrogen-bond acceptors (Lipinski definition) is 4. The van der Waals surface area contributed by atoms with Gasteiger partial charge in [0.25, 0.3) is 0 Å². The number of carbonyl (C=O) groups is 1. The van der Waals surface area contributed by atoms with Gasteiger partial charge in [0.15, 0.2) is 0 Å². The first-order valence-corrected chi connectivity index (χ1v) is 8.25. The van der Waals surface area contributed by atoms with E-state index in [1.807, 2.05) is 39.8 Å². The Kier molecular flexibility index (Phi) is 4.32. The molecule has 0 aliphatic rings. The number of anilines is 1. The molecular weight excluding hydrogens is 304 g/mol. The van der Waals surface area contributed by atoms with Crippen molar-refractivity contribution >= 4 is 33.7 Å². The molecule has 108 valence electrons. The molecule has 1 atom stereocenters. The Labute approximate surface area is 130 Å². The van der Waals surface area contributed by atoms with Gasteiger partial charge in [-0.3, -0.25) is 10.00 Å². The normalized spacial score (nSPS) is 12.0. The number of thiophene rings is 2. The number of amides is 2. The second kappa shape index (κ2) is 6.55. The van der Waals surface area contributed by atoms with Crippen LogP contribution in [0.15, 0.2) is 52.8 Å². The van der Waals surface area contributed by atoms with Gasteiger partial charge in [-0.1, -0.05) is 0 Å². The molecule has 2 amide bonds. The molecule has 3 aromatic rings. The van der Waals surface area contributed by atoms with Gasteiger partial charge in [0.1, 0.15) is 0 Å². The van der Waals surface area contributed by atoms with Crippen molar-refractivity contribution in [3.63, 3.8) is 0 Å². The van der Waals surface area contributed by atoms with Gasteiger partial charge in [0.2, 0.25) is 0 Å². The Morgan fingerprint density at radius 2 is 2.29 bits per heavy atom. The van der Waals surface area contributed by atoms with E-state index >= 15 is 0 Å². The third-order valence-electron chi connectivity index (χ3n) is 2.99. The Bertz CT molecular complexity index is 628.